The lowest BCUT2D eigenvalue weighted by Crippen LogP contribution is -2.51. The van der Waals surface area contributed by atoms with Gasteiger partial charge >= 0.3 is 0 Å². The summed E-state index contributed by atoms with van der Waals surface area (Å²) in [5, 5.41) is 27.9. The molecule has 2 aliphatic carbocycles. The summed E-state index contributed by atoms with van der Waals surface area (Å²) >= 11 is 0. The zero-order valence-corrected chi connectivity index (χ0v) is 33.3. The first kappa shape index (κ1) is 39.4. The van der Waals surface area contributed by atoms with E-state index in [2.05, 4.69) is 111 Å². The van der Waals surface area contributed by atoms with E-state index >= 15 is 0 Å². The molecule has 2 aromatic heterocycles. The highest BCUT2D eigenvalue weighted by atomic mass is 16.3. The molecule has 0 radical (unpaired) electrons. The molecule has 6 unspecified atom stereocenters. The molecule has 10 heteroatoms. The first-order valence-electron chi connectivity index (χ1n) is 19.7. The van der Waals surface area contributed by atoms with Gasteiger partial charge in [0.2, 0.25) is 11.8 Å². The van der Waals surface area contributed by atoms with Gasteiger partial charge in [0.15, 0.2) is 0 Å². The zero-order chi connectivity index (χ0) is 39.1. The van der Waals surface area contributed by atoms with Crippen LogP contribution in [0.3, 0.4) is 0 Å². The molecule has 4 aromatic rings. The van der Waals surface area contributed by atoms with Gasteiger partial charge in [-0.3, -0.25) is 9.59 Å². The summed E-state index contributed by atoms with van der Waals surface area (Å²) in [6, 6.07) is 15.9. The van der Waals surface area contributed by atoms with Crippen LogP contribution in [0.5, 0.6) is 0 Å². The number of nitrogens with zero attached hydrogens (tertiary/aromatic N) is 2. The SMILES string of the molecule is CC(C)(C)C(NC(=O)C1(C)CCCCC1O)c1ncc(-c2ccc(-c3ccc(-c4cnc(C(NC(=O)C5(C)CCCCC5O)C(C)(C)C)[nH]4)cc3)cc2)[nH]1. The van der Waals surface area contributed by atoms with Crippen LogP contribution in [0.2, 0.25) is 0 Å². The Balaban J connectivity index is 1.14. The normalized spacial score (nSPS) is 24.8. The highest BCUT2D eigenvalue weighted by molar-refractivity contribution is 5.84. The number of H-pyrrole nitrogens is 2. The van der Waals surface area contributed by atoms with E-state index in [1.54, 1.807) is 0 Å². The van der Waals surface area contributed by atoms with Crippen LogP contribution in [0.4, 0.5) is 0 Å². The molecule has 0 spiro atoms. The highest BCUT2D eigenvalue weighted by Gasteiger charge is 2.45. The number of hydrogen-bond acceptors (Lipinski definition) is 6. The van der Waals surface area contributed by atoms with Crippen LogP contribution < -0.4 is 10.6 Å². The third-order valence-corrected chi connectivity index (χ3v) is 12.1. The number of rotatable bonds is 9. The summed E-state index contributed by atoms with van der Waals surface area (Å²) in [6.45, 7) is 16.2. The number of hydrogen-bond donors (Lipinski definition) is 6. The van der Waals surface area contributed by atoms with Crippen LogP contribution in [0.25, 0.3) is 33.6 Å². The van der Waals surface area contributed by atoms with Crippen molar-refractivity contribution in [1.82, 2.24) is 30.6 Å². The Morgan fingerprint density at radius 1 is 0.630 bits per heavy atom. The molecular formula is C44H60N6O4. The lowest BCUT2D eigenvalue weighted by atomic mass is 9.72. The number of aromatic nitrogens is 4. The Kier molecular flexibility index (Phi) is 11.0. The first-order valence-corrected chi connectivity index (χ1v) is 19.7. The van der Waals surface area contributed by atoms with Gasteiger partial charge in [-0.25, -0.2) is 9.97 Å². The monoisotopic (exact) mass is 736 g/mol. The molecular weight excluding hydrogens is 677 g/mol. The van der Waals surface area contributed by atoms with Gasteiger partial charge in [-0.05, 0) is 72.6 Å². The van der Waals surface area contributed by atoms with Crippen LogP contribution in [-0.2, 0) is 9.59 Å². The lowest BCUT2D eigenvalue weighted by Gasteiger charge is -2.39. The van der Waals surface area contributed by atoms with E-state index < -0.39 is 23.0 Å². The molecule has 54 heavy (non-hydrogen) atoms. The van der Waals surface area contributed by atoms with Crippen LogP contribution in [-0.4, -0.2) is 54.2 Å². The van der Waals surface area contributed by atoms with E-state index in [9.17, 15) is 19.8 Å². The van der Waals surface area contributed by atoms with Crippen LogP contribution >= 0.6 is 0 Å². The molecule has 290 valence electrons. The fraction of sp³-hybridized carbons (Fsp3) is 0.545. The van der Waals surface area contributed by atoms with Crippen molar-refractivity contribution in [3.8, 4) is 33.6 Å². The second kappa shape index (κ2) is 15.1. The summed E-state index contributed by atoms with van der Waals surface area (Å²) in [4.78, 5) is 43.5. The first-order chi connectivity index (χ1) is 25.4. The van der Waals surface area contributed by atoms with Crippen molar-refractivity contribution in [2.24, 2.45) is 21.7 Å². The summed E-state index contributed by atoms with van der Waals surface area (Å²) in [7, 11) is 0. The number of aromatic amines is 2. The number of benzene rings is 2. The lowest BCUT2D eigenvalue weighted by molar-refractivity contribution is -0.142. The van der Waals surface area contributed by atoms with Crippen molar-refractivity contribution in [3.63, 3.8) is 0 Å². The second-order valence-electron chi connectivity index (χ2n) is 18.4. The summed E-state index contributed by atoms with van der Waals surface area (Å²) in [6.07, 6.45) is 8.73. The summed E-state index contributed by atoms with van der Waals surface area (Å²) in [5.74, 6) is 1.13. The Morgan fingerprint density at radius 2 is 0.963 bits per heavy atom. The van der Waals surface area contributed by atoms with E-state index in [0.29, 0.717) is 37.3 Å². The third-order valence-electron chi connectivity index (χ3n) is 12.1. The van der Waals surface area contributed by atoms with Crippen molar-refractivity contribution in [1.29, 1.82) is 0 Å². The molecule has 10 nitrogen and oxygen atoms in total. The van der Waals surface area contributed by atoms with E-state index in [1.807, 2.05) is 26.2 Å². The standard InChI is InChI=1S/C44H60N6O4/c1-41(2,3)35(49-39(53)43(7)23-11-9-13-33(43)51)37-45-25-31(47-37)29-19-15-27(16-20-29)28-17-21-30(22-18-28)32-26-46-38(48-32)36(42(4,5)6)50-40(54)44(8)24-12-10-14-34(44)52/h15-22,25-26,33-36,51-52H,9-14,23-24H2,1-8H3,(H,45,47)(H,46,48)(H,49,53)(H,50,54). The van der Waals surface area contributed by atoms with Gasteiger partial charge in [-0.1, -0.05) is 116 Å². The average molecular weight is 737 g/mol. The van der Waals surface area contributed by atoms with Gasteiger partial charge in [-0.15, -0.1) is 0 Å². The Morgan fingerprint density at radius 3 is 1.28 bits per heavy atom. The van der Waals surface area contributed by atoms with E-state index in [0.717, 1.165) is 59.3 Å². The number of carbonyl (C=O) groups excluding carboxylic acids is 2. The topological polar surface area (TPSA) is 156 Å². The molecule has 0 saturated heterocycles. The number of aliphatic hydroxyl groups excluding tert-OH is 2. The fourth-order valence-electron chi connectivity index (χ4n) is 8.09. The average Bonchev–Trinajstić information content (AvgIpc) is 3.82. The van der Waals surface area contributed by atoms with Gasteiger partial charge in [0.25, 0.3) is 0 Å². The molecule has 6 N–H and O–H groups in total. The minimum Gasteiger partial charge on any atom is -0.392 e. The summed E-state index contributed by atoms with van der Waals surface area (Å²) in [5.41, 5.74) is 3.62. The van der Waals surface area contributed by atoms with Gasteiger partial charge in [0.1, 0.15) is 11.6 Å². The molecule has 2 heterocycles. The number of carbonyl (C=O) groups is 2. The molecule has 0 bridgehead atoms. The molecule has 2 amide bonds. The molecule has 6 atom stereocenters. The van der Waals surface area contributed by atoms with Crippen molar-refractivity contribution >= 4 is 11.8 Å². The Hall–Kier alpha value is -4.28. The van der Waals surface area contributed by atoms with Crippen molar-refractivity contribution in [2.45, 2.75) is 131 Å². The molecule has 2 saturated carbocycles. The molecule has 2 aliphatic rings. The Labute approximate surface area is 320 Å². The van der Waals surface area contributed by atoms with E-state index in [1.165, 1.54) is 0 Å². The maximum Gasteiger partial charge on any atom is 0.229 e. The largest absolute Gasteiger partial charge is 0.392 e. The highest BCUT2D eigenvalue weighted by Crippen LogP contribution is 2.41. The third kappa shape index (κ3) is 8.05. The molecule has 2 fully saturated rings. The number of aliphatic hydroxyl groups is 2. The van der Waals surface area contributed by atoms with Gasteiger partial charge in [0, 0.05) is 0 Å². The minimum atomic E-state index is -0.806. The maximum absolute atomic E-state index is 13.5. The van der Waals surface area contributed by atoms with Crippen LogP contribution in [0.15, 0.2) is 60.9 Å². The predicted octanol–water partition coefficient (Wildman–Crippen LogP) is 8.42. The van der Waals surface area contributed by atoms with Crippen molar-refractivity contribution < 1.29 is 19.8 Å². The van der Waals surface area contributed by atoms with Crippen molar-refractivity contribution in [2.75, 3.05) is 0 Å². The fourth-order valence-corrected chi connectivity index (χ4v) is 8.09. The molecule has 2 aromatic carbocycles. The Bertz CT molecular complexity index is 1780. The van der Waals surface area contributed by atoms with Gasteiger partial charge < -0.3 is 30.8 Å². The van der Waals surface area contributed by atoms with Gasteiger partial charge in [-0.2, -0.15) is 0 Å². The number of amides is 2. The van der Waals surface area contributed by atoms with Crippen molar-refractivity contribution in [3.05, 3.63) is 72.6 Å². The quantitative estimate of drug-likeness (QED) is 0.101. The number of nitrogens with one attached hydrogen (secondary N) is 4. The van der Waals surface area contributed by atoms with Gasteiger partial charge in [0.05, 0.1) is 58.9 Å². The maximum atomic E-state index is 13.5. The smallest absolute Gasteiger partial charge is 0.229 e. The van der Waals surface area contributed by atoms with E-state index in [4.69, 9.17) is 9.97 Å². The van der Waals surface area contributed by atoms with Crippen LogP contribution in [0, 0.1) is 21.7 Å². The summed E-state index contributed by atoms with van der Waals surface area (Å²) < 4.78 is 0. The number of imidazole rings is 2. The predicted molar refractivity (Wildman–Crippen MR) is 213 cm³/mol. The zero-order valence-electron chi connectivity index (χ0n) is 33.3. The second-order valence-corrected chi connectivity index (χ2v) is 18.4. The van der Waals surface area contributed by atoms with E-state index in [-0.39, 0.29) is 34.7 Å². The molecule has 6 rings (SSSR count). The van der Waals surface area contributed by atoms with Crippen LogP contribution in [0.1, 0.15) is 130 Å². The minimum absolute atomic E-state index is 0.126. The molecule has 0 aliphatic heterocycles.